The molecule has 0 radical (unpaired) electrons. The molecule has 3 heteroatoms. The Kier molecular flexibility index (Phi) is 4.08. The molecule has 104 valence electrons. The van der Waals surface area contributed by atoms with Crippen molar-refractivity contribution in [2.45, 2.75) is 26.8 Å². The fraction of sp³-hybridized carbons (Fsp3) is 0.235. The van der Waals surface area contributed by atoms with Crippen LogP contribution in [0.15, 0.2) is 42.5 Å². The Morgan fingerprint density at radius 3 is 2.15 bits per heavy atom. The SMILES string of the molecule is Cc1ccc(NC(C(=O)O)c2ccc(C)cc2C)cc1. The van der Waals surface area contributed by atoms with Crippen molar-refractivity contribution in [3.05, 3.63) is 64.7 Å². The second-order valence-electron chi connectivity index (χ2n) is 5.14. The lowest BCUT2D eigenvalue weighted by Gasteiger charge is -2.18. The second-order valence-corrected chi connectivity index (χ2v) is 5.14. The van der Waals surface area contributed by atoms with Crippen LogP contribution >= 0.6 is 0 Å². The number of anilines is 1. The van der Waals surface area contributed by atoms with Crippen LogP contribution in [0, 0.1) is 20.8 Å². The number of hydrogen-bond acceptors (Lipinski definition) is 2. The van der Waals surface area contributed by atoms with Crippen molar-refractivity contribution in [1.29, 1.82) is 0 Å². The summed E-state index contributed by atoms with van der Waals surface area (Å²) in [5, 5.41) is 12.6. The normalized spacial score (nSPS) is 11.9. The summed E-state index contributed by atoms with van der Waals surface area (Å²) < 4.78 is 0. The van der Waals surface area contributed by atoms with Crippen LogP contribution in [0.2, 0.25) is 0 Å². The van der Waals surface area contributed by atoms with E-state index in [0.717, 1.165) is 27.9 Å². The van der Waals surface area contributed by atoms with E-state index in [9.17, 15) is 9.90 Å². The molecule has 2 aromatic rings. The molecule has 20 heavy (non-hydrogen) atoms. The van der Waals surface area contributed by atoms with Crippen LogP contribution < -0.4 is 5.32 Å². The quantitative estimate of drug-likeness (QED) is 0.886. The maximum absolute atomic E-state index is 11.5. The van der Waals surface area contributed by atoms with Crippen molar-refractivity contribution >= 4 is 11.7 Å². The van der Waals surface area contributed by atoms with Crippen molar-refractivity contribution < 1.29 is 9.90 Å². The monoisotopic (exact) mass is 269 g/mol. The molecule has 0 spiro atoms. The molecule has 0 aliphatic carbocycles. The van der Waals surface area contributed by atoms with Gasteiger partial charge >= 0.3 is 5.97 Å². The number of carboxylic acid groups (broad SMARTS) is 1. The minimum Gasteiger partial charge on any atom is -0.479 e. The molecule has 3 nitrogen and oxygen atoms in total. The summed E-state index contributed by atoms with van der Waals surface area (Å²) in [6.07, 6.45) is 0. The standard InChI is InChI=1S/C17H19NO2/c1-11-4-7-14(8-5-11)18-16(17(19)20)15-9-6-12(2)10-13(15)3/h4-10,16,18H,1-3H3,(H,19,20). The van der Waals surface area contributed by atoms with E-state index in [0.29, 0.717) is 0 Å². The smallest absolute Gasteiger partial charge is 0.330 e. The van der Waals surface area contributed by atoms with E-state index in [-0.39, 0.29) is 0 Å². The van der Waals surface area contributed by atoms with Crippen LogP contribution in [0.3, 0.4) is 0 Å². The zero-order chi connectivity index (χ0) is 14.7. The highest BCUT2D eigenvalue weighted by molar-refractivity contribution is 5.79. The number of benzene rings is 2. The molecular weight excluding hydrogens is 250 g/mol. The van der Waals surface area contributed by atoms with Gasteiger partial charge in [0.25, 0.3) is 0 Å². The van der Waals surface area contributed by atoms with Crippen LogP contribution in [0.5, 0.6) is 0 Å². The zero-order valence-electron chi connectivity index (χ0n) is 12.0. The first-order valence-corrected chi connectivity index (χ1v) is 6.60. The molecule has 0 saturated heterocycles. The maximum atomic E-state index is 11.5. The van der Waals surface area contributed by atoms with E-state index in [2.05, 4.69) is 5.32 Å². The van der Waals surface area contributed by atoms with Gasteiger partial charge < -0.3 is 10.4 Å². The van der Waals surface area contributed by atoms with Crippen LogP contribution in [-0.2, 0) is 4.79 Å². The molecule has 0 aromatic heterocycles. The molecule has 0 bridgehead atoms. The van der Waals surface area contributed by atoms with Crippen molar-refractivity contribution in [2.24, 2.45) is 0 Å². The third kappa shape index (κ3) is 3.18. The highest BCUT2D eigenvalue weighted by Gasteiger charge is 2.21. The second kappa shape index (κ2) is 5.78. The van der Waals surface area contributed by atoms with Gasteiger partial charge in [-0.25, -0.2) is 4.79 Å². The fourth-order valence-corrected chi connectivity index (χ4v) is 2.24. The molecular formula is C17H19NO2. The Hall–Kier alpha value is -2.29. The van der Waals surface area contributed by atoms with E-state index >= 15 is 0 Å². The average molecular weight is 269 g/mol. The third-order valence-corrected chi connectivity index (χ3v) is 3.35. The predicted octanol–water partition coefficient (Wildman–Crippen LogP) is 3.85. The van der Waals surface area contributed by atoms with Gasteiger partial charge in [0.1, 0.15) is 0 Å². The van der Waals surface area contributed by atoms with Gasteiger partial charge in [0, 0.05) is 5.69 Å². The van der Waals surface area contributed by atoms with Gasteiger partial charge in [-0.15, -0.1) is 0 Å². The maximum Gasteiger partial charge on any atom is 0.330 e. The number of rotatable bonds is 4. The Balaban J connectivity index is 2.31. The summed E-state index contributed by atoms with van der Waals surface area (Å²) in [6.45, 7) is 5.94. The third-order valence-electron chi connectivity index (χ3n) is 3.35. The van der Waals surface area contributed by atoms with Crippen LogP contribution in [0.1, 0.15) is 28.3 Å². The lowest BCUT2D eigenvalue weighted by atomic mass is 9.99. The summed E-state index contributed by atoms with van der Waals surface area (Å²) in [4.78, 5) is 11.5. The minimum absolute atomic E-state index is 0.738. The molecule has 2 rings (SSSR count). The van der Waals surface area contributed by atoms with E-state index in [1.54, 1.807) is 0 Å². The first-order chi connectivity index (χ1) is 9.47. The summed E-state index contributed by atoms with van der Waals surface area (Å²) in [6, 6.07) is 12.8. The van der Waals surface area contributed by atoms with Gasteiger partial charge in [-0.3, -0.25) is 0 Å². The van der Waals surface area contributed by atoms with Crippen LogP contribution in [-0.4, -0.2) is 11.1 Å². The molecule has 0 fully saturated rings. The molecule has 1 unspecified atom stereocenters. The fourth-order valence-electron chi connectivity index (χ4n) is 2.24. The van der Waals surface area contributed by atoms with Gasteiger partial charge in [-0.05, 0) is 44.0 Å². The van der Waals surface area contributed by atoms with Crippen LogP contribution in [0.25, 0.3) is 0 Å². The summed E-state index contributed by atoms with van der Waals surface area (Å²) in [5.41, 5.74) is 4.86. The van der Waals surface area contributed by atoms with Crippen LogP contribution in [0.4, 0.5) is 5.69 Å². The molecule has 0 amide bonds. The average Bonchev–Trinajstić information content (AvgIpc) is 2.39. The van der Waals surface area contributed by atoms with Crippen molar-refractivity contribution in [2.75, 3.05) is 5.32 Å². The summed E-state index contributed by atoms with van der Waals surface area (Å²) in [7, 11) is 0. The van der Waals surface area contributed by atoms with Gasteiger partial charge in [-0.1, -0.05) is 41.5 Å². The molecule has 1 atom stereocenters. The van der Waals surface area contributed by atoms with Crippen molar-refractivity contribution in [1.82, 2.24) is 0 Å². The van der Waals surface area contributed by atoms with Crippen molar-refractivity contribution in [3.8, 4) is 0 Å². The van der Waals surface area contributed by atoms with E-state index < -0.39 is 12.0 Å². The Bertz CT molecular complexity index is 617. The molecule has 0 aliphatic heterocycles. The number of carbonyl (C=O) groups is 1. The number of aryl methyl sites for hydroxylation is 3. The number of carboxylic acids is 1. The van der Waals surface area contributed by atoms with Gasteiger partial charge in [-0.2, -0.15) is 0 Å². The van der Waals surface area contributed by atoms with Gasteiger partial charge in [0.05, 0.1) is 0 Å². The van der Waals surface area contributed by atoms with E-state index in [1.807, 2.05) is 63.2 Å². The molecule has 0 saturated carbocycles. The van der Waals surface area contributed by atoms with E-state index in [1.165, 1.54) is 0 Å². The Morgan fingerprint density at radius 2 is 1.60 bits per heavy atom. The minimum atomic E-state index is -0.877. The van der Waals surface area contributed by atoms with Gasteiger partial charge in [0.15, 0.2) is 6.04 Å². The lowest BCUT2D eigenvalue weighted by molar-refractivity contribution is -0.138. The molecule has 0 aliphatic rings. The van der Waals surface area contributed by atoms with Gasteiger partial charge in [0.2, 0.25) is 0 Å². The number of hydrogen-bond donors (Lipinski definition) is 2. The highest BCUT2D eigenvalue weighted by Crippen LogP contribution is 2.24. The summed E-state index contributed by atoms with van der Waals surface area (Å²) >= 11 is 0. The molecule has 0 heterocycles. The molecule has 2 N–H and O–H groups in total. The van der Waals surface area contributed by atoms with Crippen molar-refractivity contribution in [3.63, 3.8) is 0 Å². The first-order valence-electron chi connectivity index (χ1n) is 6.60. The Labute approximate surface area is 119 Å². The largest absolute Gasteiger partial charge is 0.479 e. The lowest BCUT2D eigenvalue weighted by Crippen LogP contribution is -2.21. The van der Waals surface area contributed by atoms with E-state index in [4.69, 9.17) is 0 Å². The summed E-state index contributed by atoms with van der Waals surface area (Å²) in [5.74, 6) is -0.877. The number of nitrogens with one attached hydrogen (secondary N) is 1. The Morgan fingerprint density at radius 1 is 1.00 bits per heavy atom. The topological polar surface area (TPSA) is 49.3 Å². The highest BCUT2D eigenvalue weighted by atomic mass is 16.4. The number of aliphatic carboxylic acids is 1. The predicted molar refractivity (Wildman–Crippen MR) is 81.1 cm³/mol. The zero-order valence-corrected chi connectivity index (χ0v) is 12.0. The first kappa shape index (κ1) is 14.1. The molecule has 2 aromatic carbocycles.